The number of likely N-dealkylation sites (tertiary alicyclic amines) is 1. The minimum absolute atomic E-state index is 0.169. The summed E-state index contributed by atoms with van der Waals surface area (Å²) in [5.41, 5.74) is 4.01. The summed E-state index contributed by atoms with van der Waals surface area (Å²) in [6.07, 6.45) is 2.24. The number of hydrogen-bond acceptors (Lipinski definition) is 5. The lowest BCUT2D eigenvalue weighted by atomic mass is 10.0. The maximum absolute atomic E-state index is 9.55. The SMILES string of the molecule is Cc1ncsc1C(C#N)N1CCC(OCc2ccccc2)CC1. The van der Waals surface area contributed by atoms with E-state index in [0.29, 0.717) is 6.61 Å². The summed E-state index contributed by atoms with van der Waals surface area (Å²) in [6.45, 7) is 4.44. The Balaban J connectivity index is 1.52. The molecule has 1 fully saturated rings. The Labute approximate surface area is 141 Å². The first-order chi connectivity index (χ1) is 11.3. The van der Waals surface area contributed by atoms with Crippen molar-refractivity contribution in [1.82, 2.24) is 9.88 Å². The van der Waals surface area contributed by atoms with E-state index in [1.165, 1.54) is 5.56 Å². The van der Waals surface area contributed by atoms with Gasteiger partial charge in [-0.25, -0.2) is 4.98 Å². The average molecular weight is 327 g/mol. The third kappa shape index (κ3) is 3.97. The molecule has 23 heavy (non-hydrogen) atoms. The highest BCUT2D eigenvalue weighted by Gasteiger charge is 2.28. The predicted octanol–water partition coefficient (Wildman–Crippen LogP) is 3.70. The lowest BCUT2D eigenvalue weighted by Gasteiger charge is -2.34. The quantitative estimate of drug-likeness (QED) is 0.840. The normalized spacial score (nSPS) is 17.7. The fourth-order valence-electron chi connectivity index (χ4n) is 2.97. The predicted molar refractivity (Wildman–Crippen MR) is 91.0 cm³/mol. The Morgan fingerprint density at radius 1 is 1.35 bits per heavy atom. The van der Waals surface area contributed by atoms with Gasteiger partial charge in [0.05, 0.1) is 34.9 Å². The Morgan fingerprint density at radius 2 is 2.09 bits per heavy atom. The number of thiazole rings is 1. The summed E-state index contributed by atoms with van der Waals surface area (Å²) < 4.78 is 6.03. The van der Waals surface area contributed by atoms with Crippen LogP contribution in [0, 0.1) is 18.3 Å². The van der Waals surface area contributed by atoms with Gasteiger partial charge in [0.2, 0.25) is 0 Å². The van der Waals surface area contributed by atoms with E-state index >= 15 is 0 Å². The molecule has 1 aromatic heterocycles. The molecule has 0 bridgehead atoms. The summed E-state index contributed by atoms with van der Waals surface area (Å²) in [4.78, 5) is 7.61. The number of nitriles is 1. The minimum Gasteiger partial charge on any atom is -0.373 e. The Bertz CT molecular complexity index is 656. The van der Waals surface area contributed by atoms with E-state index in [9.17, 15) is 5.26 Å². The van der Waals surface area contributed by atoms with Crippen LogP contribution in [0.5, 0.6) is 0 Å². The van der Waals surface area contributed by atoms with Crippen molar-refractivity contribution in [3.63, 3.8) is 0 Å². The fourth-order valence-corrected chi connectivity index (χ4v) is 3.85. The summed E-state index contributed by atoms with van der Waals surface area (Å²) in [7, 11) is 0. The molecule has 1 unspecified atom stereocenters. The smallest absolute Gasteiger partial charge is 0.134 e. The van der Waals surface area contributed by atoms with E-state index in [4.69, 9.17) is 4.74 Å². The highest BCUT2D eigenvalue weighted by Crippen LogP contribution is 2.29. The fraction of sp³-hybridized carbons (Fsp3) is 0.444. The molecule has 1 aliphatic rings. The van der Waals surface area contributed by atoms with Crippen LogP contribution in [-0.2, 0) is 11.3 Å². The van der Waals surface area contributed by atoms with Crippen LogP contribution in [0.1, 0.15) is 35.0 Å². The van der Waals surface area contributed by atoms with Gasteiger partial charge >= 0.3 is 0 Å². The van der Waals surface area contributed by atoms with Gasteiger partial charge in [0, 0.05) is 13.1 Å². The topological polar surface area (TPSA) is 49.2 Å². The molecule has 0 saturated carbocycles. The molecule has 2 heterocycles. The van der Waals surface area contributed by atoms with E-state index in [2.05, 4.69) is 28.1 Å². The second-order valence-corrected chi connectivity index (χ2v) is 6.75. The third-order valence-corrected chi connectivity index (χ3v) is 5.31. The first-order valence-corrected chi connectivity index (χ1v) is 8.85. The van der Waals surface area contributed by atoms with Crippen molar-refractivity contribution in [2.45, 2.75) is 38.5 Å². The molecular formula is C18H21N3OS. The van der Waals surface area contributed by atoms with E-state index < -0.39 is 0 Å². The summed E-state index contributed by atoms with van der Waals surface area (Å²) >= 11 is 1.58. The van der Waals surface area contributed by atoms with Gasteiger partial charge in [-0.3, -0.25) is 4.90 Å². The van der Waals surface area contributed by atoms with Crippen molar-refractivity contribution < 1.29 is 4.74 Å². The number of aryl methyl sites for hydroxylation is 1. The molecule has 5 heteroatoms. The molecule has 0 N–H and O–H groups in total. The zero-order valence-corrected chi connectivity index (χ0v) is 14.1. The molecule has 2 aromatic rings. The van der Waals surface area contributed by atoms with E-state index in [-0.39, 0.29) is 12.1 Å². The molecule has 1 saturated heterocycles. The van der Waals surface area contributed by atoms with Gasteiger partial charge in [-0.15, -0.1) is 11.3 Å². The van der Waals surface area contributed by atoms with Gasteiger partial charge in [-0.2, -0.15) is 5.26 Å². The zero-order valence-electron chi connectivity index (χ0n) is 13.3. The van der Waals surface area contributed by atoms with Gasteiger partial charge in [0.1, 0.15) is 6.04 Å². The third-order valence-electron chi connectivity index (χ3n) is 4.32. The second-order valence-electron chi connectivity index (χ2n) is 5.87. The Morgan fingerprint density at radius 3 is 2.70 bits per heavy atom. The second kappa shape index (κ2) is 7.69. The Hall–Kier alpha value is -1.74. The monoisotopic (exact) mass is 327 g/mol. The number of piperidine rings is 1. The molecule has 120 valence electrons. The highest BCUT2D eigenvalue weighted by molar-refractivity contribution is 7.09. The van der Waals surface area contributed by atoms with Crippen molar-refractivity contribution >= 4 is 11.3 Å². The maximum Gasteiger partial charge on any atom is 0.134 e. The molecular weight excluding hydrogens is 306 g/mol. The molecule has 0 spiro atoms. The van der Waals surface area contributed by atoms with Crippen LogP contribution in [-0.4, -0.2) is 29.1 Å². The zero-order chi connectivity index (χ0) is 16.1. The highest BCUT2D eigenvalue weighted by atomic mass is 32.1. The summed E-state index contributed by atoms with van der Waals surface area (Å²) in [5, 5.41) is 9.55. The van der Waals surface area contributed by atoms with Crippen molar-refractivity contribution in [2.75, 3.05) is 13.1 Å². The van der Waals surface area contributed by atoms with Crippen LogP contribution < -0.4 is 0 Å². The molecule has 1 atom stereocenters. The van der Waals surface area contributed by atoms with Crippen LogP contribution >= 0.6 is 11.3 Å². The molecule has 3 rings (SSSR count). The van der Waals surface area contributed by atoms with Gasteiger partial charge in [0.25, 0.3) is 0 Å². The van der Waals surface area contributed by atoms with Gasteiger partial charge in [0.15, 0.2) is 0 Å². The standard InChI is InChI=1S/C18H21N3OS/c1-14-18(23-13-20-14)17(11-19)21-9-7-16(8-10-21)22-12-15-5-3-2-4-6-15/h2-6,13,16-17H,7-10,12H2,1H3. The molecule has 0 amide bonds. The first kappa shape index (κ1) is 16.1. The number of aromatic nitrogens is 1. The lowest BCUT2D eigenvalue weighted by Crippen LogP contribution is -2.39. The summed E-state index contributed by atoms with van der Waals surface area (Å²) in [6, 6.07) is 12.6. The van der Waals surface area contributed by atoms with Gasteiger partial charge < -0.3 is 4.74 Å². The Kier molecular flexibility index (Phi) is 5.39. The van der Waals surface area contributed by atoms with E-state index in [1.807, 2.05) is 30.6 Å². The van der Waals surface area contributed by atoms with Crippen molar-refractivity contribution in [2.24, 2.45) is 0 Å². The van der Waals surface area contributed by atoms with E-state index in [0.717, 1.165) is 36.5 Å². The van der Waals surface area contributed by atoms with Crippen molar-refractivity contribution in [3.8, 4) is 6.07 Å². The van der Waals surface area contributed by atoms with Crippen LogP contribution in [0.2, 0.25) is 0 Å². The van der Waals surface area contributed by atoms with Gasteiger partial charge in [-0.05, 0) is 25.3 Å². The van der Waals surface area contributed by atoms with Crippen LogP contribution in [0.15, 0.2) is 35.8 Å². The van der Waals surface area contributed by atoms with E-state index in [1.54, 1.807) is 11.3 Å². The number of ether oxygens (including phenoxy) is 1. The number of benzene rings is 1. The number of hydrogen-bond donors (Lipinski definition) is 0. The molecule has 0 radical (unpaired) electrons. The van der Waals surface area contributed by atoms with Crippen molar-refractivity contribution in [1.29, 1.82) is 5.26 Å². The van der Waals surface area contributed by atoms with Crippen LogP contribution in [0.4, 0.5) is 0 Å². The van der Waals surface area contributed by atoms with Gasteiger partial charge in [-0.1, -0.05) is 30.3 Å². The molecule has 1 aliphatic heterocycles. The molecule has 0 aliphatic carbocycles. The maximum atomic E-state index is 9.55. The average Bonchev–Trinajstić information content (AvgIpc) is 3.02. The summed E-state index contributed by atoms with van der Waals surface area (Å²) in [5.74, 6) is 0. The first-order valence-electron chi connectivity index (χ1n) is 7.97. The molecule has 1 aromatic carbocycles. The van der Waals surface area contributed by atoms with Crippen LogP contribution in [0.25, 0.3) is 0 Å². The largest absolute Gasteiger partial charge is 0.373 e. The van der Waals surface area contributed by atoms with Crippen LogP contribution in [0.3, 0.4) is 0 Å². The number of rotatable bonds is 5. The molecule has 4 nitrogen and oxygen atoms in total. The number of nitrogens with zero attached hydrogens (tertiary/aromatic N) is 3. The minimum atomic E-state index is -0.169. The van der Waals surface area contributed by atoms with Crippen molar-refractivity contribution in [3.05, 3.63) is 52.0 Å². The lowest BCUT2D eigenvalue weighted by molar-refractivity contribution is -0.00676.